The van der Waals surface area contributed by atoms with Crippen molar-refractivity contribution in [1.29, 1.82) is 0 Å². The topological polar surface area (TPSA) is 52.5 Å². The molecule has 1 aliphatic rings. The van der Waals surface area contributed by atoms with E-state index in [9.17, 15) is 5.11 Å². The van der Waals surface area contributed by atoms with E-state index in [1.165, 1.54) is 21.9 Å². The van der Waals surface area contributed by atoms with Gasteiger partial charge in [-0.15, -0.1) is 0 Å². The molecule has 0 heterocycles. The van der Waals surface area contributed by atoms with Crippen LogP contribution in [-0.4, -0.2) is 29.5 Å². The van der Waals surface area contributed by atoms with Gasteiger partial charge in [0, 0.05) is 17.6 Å². The van der Waals surface area contributed by atoms with Crippen LogP contribution in [0.4, 0.5) is 5.69 Å². The van der Waals surface area contributed by atoms with E-state index >= 15 is 0 Å². The van der Waals surface area contributed by atoms with Crippen molar-refractivity contribution < 1.29 is 10.2 Å². The van der Waals surface area contributed by atoms with Gasteiger partial charge in [-0.05, 0) is 35.4 Å². The molecule has 2 aromatic carbocycles. The van der Waals surface area contributed by atoms with E-state index in [2.05, 4.69) is 35.6 Å². The summed E-state index contributed by atoms with van der Waals surface area (Å²) in [5, 5.41) is 24.0. The van der Waals surface area contributed by atoms with Crippen molar-refractivity contribution in [3.63, 3.8) is 0 Å². The molecule has 3 heteroatoms. The Balaban J connectivity index is 1.99. The lowest BCUT2D eigenvalue weighted by atomic mass is 10.0. The lowest BCUT2D eigenvalue weighted by Gasteiger charge is -2.13. The van der Waals surface area contributed by atoms with Gasteiger partial charge in [-0.3, -0.25) is 0 Å². The molecule has 1 unspecified atom stereocenters. The molecule has 0 fully saturated rings. The third kappa shape index (κ3) is 1.85. The smallest absolute Gasteiger partial charge is 0.0942 e. The molecule has 1 aliphatic carbocycles. The Bertz CT molecular complexity index is 570. The first kappa shape index (κ1) is 11.5. The molecule has 0 aliphatic heterocycles. The van der Waals surface area contributed by atoms with Gasteiger partial charge in [0.05, 0.1) is 12.7 Å². The largest absolute Gasteiger partial charge is 0.394 e. The fraction of sp³-hybridized carbons (Fsp3) is 0.333. The van der Waals surface area contributed by atoms with Crippen LogP contribution in [0.15, 0.2) is 30.3 Å². The average Bonchev–Trinajstić information content (AvgIpc) is 2.83. The van der Waals surface area contributed by atoms with Gasteiger partial charge in [-0.1, -0.05) is 24.3 Å². The summed E-state index contributed by atoms with van der Waals surface area (Å²) in [6, 6.07) is 10.6. The van der Waals surface area contributed by atoms with Crippen molar-refractivity contribution in [1.82, 2.24) is 0 Å². The van der Waals surface area contributed by atoms with Gasteiger partial charge in [-0.25, -0.2) is 0 Å². The van der Waals surface area contributed by atoms with Gasteiger partial charge in [0.1, 0.15) is 0 Å². The Morgan fingerprint density at radius 1 is 1.11 bits per heavy atom. The Hall–Kier alpha value is -1.58. The molecule has 0 amide bonds. The summed E-state index contributed by atoms with van der Waals surface area (Å²) in [4.78, 5) is 0. The van der Waals surface area contributed by atoms with Crippen molar-refractivity contribution >= 4 is 16.5 Å². The van der Waals surface area contributed by atoms with Gasteiger partial charge in [-0.2, -0.15) is 0 Å². The van der Waals surface area contributed by atoms with E-state index in [1.54, 1.807) is 0 Å². The third-order valence-electron chi connectivity index (χ3n) is 3.62. The molecule has 3 N–H and O–H groups in total. The molecule has 0 aromatic heterocycles. The second-order valence-electron chi connectivity index (χ2n) is 4.83. The zero-order valence-corrected chi connectivity index (χ0v) is 10.2. The Kier molecular flexibility index (Phi) is 2.94. The van der Waals surface area contributed by atoms with Crippen molar-refractivity contribution in [3.8, 4) is 0 Å². The number of anilines is 1. The summed E-state index contributed by atoms with van der Waals surface area (Å²) in [5.41, 5.74) is 3.85. The molecule has 0 spiro atoms. The summed E-state index contributed by atoms with van der Waals surface area (Å²) < 4.78 is 0. The first-order valence-corrected chi connectivity index (χ1v) is 6.36. The monoisotopic (exact) mass is 243 g/mol. The molecule has 3 rings (SSSR count). The van der Waals surface area contributed by atoms with Crippen molar-refractivity contribution in [2.24, 2.45) is 0 Å². The average molecular weight is 243 g/mol. The maximum Gasteiger partial charge on any atom is 0.0942 e. The van der Waals surface area contributed by atoms with Crippen LogP contribution in [0.5, 0.6) is 0 Å². The maximum atomic E-state index is 9.40. The zero-order valence-electron chi connectivity index (χ0n) is 10.2. The Morgan fingerprint density at radius 3 is 2.67 bits per heavy atom. The molecular formula is C15H17NO2. The fourth-order valence-electron chi connectivity index (χ4n) is 2.69. The number of hydrogen-bond acceptors (Lipinski definition) is 3. The molecule has 0 saturated heterocycles. The van der Waals surface area contributed by atoms with Gasteiger partial charge in [0.2, 0.25) is 0 Å². The molecule has 0 bridgehead atoms. The third-order valence-corrected chi connectivity index (χ3v) is 3.62. The summed E-state index contributed by atoms with van der Waals surface area (Å²) in [5.74, 6) is 0. The molecular weight excluding hydrogens is 226 g/mol. The highest BCUT2D eigenvalue weighted by atomic mass is 16.3. The van der Waals surface area contributed by atoms with Crippen LogP contribution in [-0.2, 0) is 12.8 Å². The van der Waals surface area contributed by atoms with Crippen LogP contribution >= 0.6 is 0 Å². The van der Waals surface area contributed by atoms with E-state index in [1.807, 2.05) is 0 Å². The second-order valence-corrected chi connectivity index (χ2v) is 4.83. The van der Waals surface area contributed by atoms with Crippen LogP contribution in [0.1, 0.15) is 11.1 Å². The molecule has 0 radical (unpaired) electrons. The van der Waals surface area contributed by atoms with E-state index in [0.717, 1.165) is 18.5 Å². The highest BCUT2D eigenvalue weighted by Crippen LogP contribution is 2.34. The first-order chi connectivity index (χ1) is 8.79. The lowest BCUT2D eigenvalue weighted by molar-refractivity contribution is 0.105. The minimum atomic E-state index is -0.715. The van der Waals surface area contributed by atoms with Gasteiger partial charge in [0.15, 0.2) is 0 Å². The predicted octanol–water partition coefficient (Wildman–Crippen LogP) is 1.70. The van der Waals surface area contributed by atoms with Crippen LogP contribution in [0.25, 0.3) is 10.8 Å². The minimum Gasteiger partial charge on any atom is -0.394 e. The number of aryl methyl sites for hydroxylation is 2. The quantitative estimate of drug-likeness (QED) is 0.766. The molecule has 18 heavy (non-hydrogen) atoms. The lowest BCUT2D eigenvalue weighted by Crippen LogP contribution is -2.23. The molecule has 3 nitrogen and oxygen atoms in total. The molecule has 0 saturated carbocycles. The van der Waals surface area contributed by atoms with Crippen LogP contribution in [0.2, 0.25) is 0 Å². The second kappa shape index (κ2) is 4.59. The van der Waals surface area contributed by atoms with Crippen LogP contribution in [0.3, 0.4) is 0 Å². The normalized spacial score (nSPS) is 15.0. The minimum absolute atomic E-state index is 0.214. The number of hydrogen-bond donors (Lipinski definition) is 3. The number of benzene rings is 2. The molecule has 94 valence electrons. The zero-order chi connectivity index (χ0) is 12.5. The summed E-state index contributed by atoms with van der Waals surface area (Å²) >= 11 is 0. The highest BCUT2D eigenvalue weighted by Gasteiger charge is 2.15. The number of rotatable bonds is 4. The fourth-order valence-corrected chi connectivity index (χ4v) is 2.69. The van der Waals surface area contributed by atoms with Crippen molar-refractivity contribution in [3.05, 3.63) is 41.5 Å². The Labute approximate surface area is 106 Å². The van der Waals surface area contributed by atoms with Gasteiger partial charge < -0.3 is 15.5 Å². The van der Waals surface area contributed by atoms with Gasteiger partial charge in [0.25, 0.3) is 0 Å². The Morgan fingerprint density at radius 2 is 1.89 bits per heavy atom. The van der Waals surface area contributed by atoms with Crippen molar-refractivity contribution in [2.45, 2.75) is 18.9 Å². The number of nitrogens with one attached hydrogen (secondary N) is 1. The maximum absolute atomic E-state index is 9.40. The van der Waals surface area contributed by atoms with E-state index in [-0.39, 0.29) is 6.61 Å². The van der Waals surface area contributed by atoms with Crippen LogP contribution in [0, 0.1) is 0 Å². The van der Waals surface area contributed by atoms with E-state index in [0.29, 0.717) is 6.54 Å². The highest BCUT2D eigenvalue weighted by molar-refractivity contribution is 5.99. The molecule has 2 aromatic rings. The first-order valence-electron chi connectivity index (χ1n) is 6.36. The summed E-state index contributed by atoms with van der Waals surface area (Å²) in [6.07, 6.45) is 1.53. The predicted molar refractivity (Wildman–Crippen MR) is 72.9 cm³/mol. The summed E-state index contributed by atoms with van der Waals surface area (Å²) in [6.45, 7) is 0.156. The summed E-state index contributed by atoms with van der Waals surface area (Å²) in [7, 11) is 0. The number of aliphatic hydroxyl groups is 2. The van der Waals surface area contributed by atoms with E-state index in [4.69, 9.17) is 5.11 Å². The van der Waals surface area contributed by atoms with Gasteiger partial charge >= 0.3 is 0 Å². The number of aliphatic hydroxyl groups excluding tert-OH is 2. The van der Waals surface area contributed by atoms with Crippen molar-refractivity contribution in [2.75, 3.05) is 18.5 Å². The van der Waals surface area contributed by atoms with E-state index < -0.39 is 6.10 Å². The van der Waals surface area contributed by atoms with Crippen LogP contribution < -0.4 is 5.32 Å². The standard InChI is InChI=1S/C15H17NO2/c17-9-12(18)8-16-14-7-6-11-5-4-10-2-1-3-13(14)15(10)11/h1-3,6-7,12,16-18H,4-5,8-9H2. The molecule has 1 atom stereocenters. The SMILES string of the molecule is OCC(O)CNc1ccc2c3c(cccc13)CC2.